The SMILES string of the molecule is CC/C=C\C/C=C\C/C=C\C/C=C\C/C=C\C/C=C\C/C=C\C/C=C\C/C=C\CCCC(=O)OCC(COC(=O)CCCCCCCC)OC(=O)CCC/C=C\C/C=C\C/C=C\C/C=C\C/C=C\C/C=C\C/C=C\C/C=C\C/C=C\CC. The van der Waals surface area contributed by atoms with Gasteiger partial charge < -0.3 is 14.2 Å². The van der Waals surface area contributed by atoms with E-state index < -0.39 is 12.1 Å². The van der Waals surface area contributed by atoms with Crippen LogP contribution in [0.5, 0.6) is 0 Å². The van der Waals surface area contributed by atoms with Crippen molar-refractivity contribution in [1.29, 1.82) is 0 Å². The van der Waals surface area contributed by atoms with Crippen LogP contribution < -0.4 is 0 Å². The monoisotopic (exact) mass is 1120 g/mol. The van der Waals surface area contributed by atoms with Crippen molar-refractivity contribution in [2.75, 3.05) is 13.2 Å². The number of allylic oxidation sites excluding steroid dienone is 36. The van der Waals surface area contributed by atoms with Gasteiger partial charge in [-0.2, -0.15) is 0 Å². The smallest absolute Gasteiger partial charge is 0.306 e. The fourth-order valence-corrected chi connectivity index (χ4v) is 7.56. The van der Waals surface area contributed by atoms with Crippen molar-refractivity contribution in [3.63, 3.8) is 0 Å². The van der Waals surface area contributed by atoms with Crippen LogP contribution in [-0.2, 0) is 28.6 Å². The summed E-state index contributed by atoms with van der Waals surface area (Å²) in [6, 6.07) is 0. The van der Waals surface area contributed by atoms with Crippen molar-refractivity contribution >= 4 is 17.9 Å². The van der Waals surface area contributed by atoms with Crippen LogP contribution in [0.4, 0.5) is 0 Å². The Bertz CT molecular complexity index is 2060. The molecule has 0 radical (unpaired) electrons. The molecule has 6 heteroatoms. The van der Waals surface area contributed by atoms with Gasteiger partial charge >= 0.3 is 17.9 Å². The average molecular weight is 1120 g/mol. The van der Waals surface area contributed by atoms with E-state index in [9.17, 15) is 14.4 Å². The highest BCUT2D eigenvalue weighted by molar-refractivity contribution is 5.71. The Balaban J connectivity index is 4.38. The summed E-state index contributed by atoms with van der Waals surface area (Å²) in [5.74, 6) is -1.08. The predicted molar refractivity (Wildman–Crippen MR) is 356 cm³/mol. The molecule has 0 amide bonds. The van der Waals surface area contributed by atoms with Crippen LogP contribution in [0, 0.1) is 0 Å². The zero-order valence-electron chi connectivity index (χ0n) is 51.6. The molecular weight excluding hydrogens is 1010 g/mol. The highest BCUT2D eigenvalue weighted by Crippen LogP contribution is 2.11. The summed E-state index contributed by atoms with van der Waals surface area (Å²) >= 11 is 0. The van der Waals surface area contributed by atoms with E-state index in [1.54, 1.807) is 0 Å². The third kappa shape index (κ3) is 64.5. The summed E-state index contributed by atoms with van der Waals surface area (Å²) in [6.07, 6.45) is 106. The first-order chi connectivity index (χ1) is 40.5. The van der Waals surface area contributed by atoms with Gasteiger partial charge in [0.2, 0.25) is 0 Å². The first kappa shape index (κ1) is 75.7. The van der Waals surface area contributed by atoms with Gasteiger partial charge in [-0.1, -0.05) is 272 Å². The fraction of sp³-hybridized carbons (Fsp3) is 0.487. The van der Waals surface area contributed by atoms with Gasteiger partial charge in [-0.05, 0) is 148 Å². The van der Waals surface area contributed by atoms with Gasteiger partial charge in [0.05, 0.1) is 0 Å². The molecule has 0 heterocycles. The van der Waals surface area contributed by atoms with E-state index in [-0.39, 0.29) is 38.0 Å². The maximum atomic E-state index is 12.8. The van der Waals surface area contributed by atoms with Crippen LogP contribution in [0.15, 0.2) is 219 Å². The minimum Gasteiger partial charge on any atom is -0.462 e. The van der Waals surface area contributed by atoms with E-state index in [1.165, 1.54) is 19.3 Å². The van der Waals surface area contributed by atoms with Crippen molar-refractivity contribution in [2.45, 2.75) is 226 Å². The van der Waals surface area contributed by atoms with Crippen LogP contribution >= 0.6 is 0 Å². The summed E-state index contributed by atoms with van der Waals surface area (Å²) in [6.45, 7) is 6.22. The van der Waals surface area contributed by atoms with E-state index in [2.05, 4.69) is 240 Å². The quantitative estimate of drug-likeness (QED) is 0.0261. The molecule has 0 aliphatic carbocycles. The third-order valence-electron chi connectivity index (χ3n) is 12.2. The molecule has 1 atom stereocenters. The molecule has 1 unspecified atom stereocenters. The zero-order chi connectivity index (χ0) is 59.2. The minimum atomic E-state index is -0.844. The van der Waals surface area contributed by atoms with Gasteiger partial charge in [0.25, 0.3) is 0 Å². The standard InChI is InChI=1S/C76H112O6/c1-4-7-10-13-16-18-20-22-24-26-28-30-32-34-36-38-40-42-44-46-48-50-52-54-56-58-60-63-66-69-75(78)81-72-73(71-80-74(77)68-65-62-15-12-9-6-3)82-76(79)70-67-64-61-59-57-55-53-51-49-47-45-43-41-39-37-35-33-31-29-27-25-23-21-19-17-14-11-8-5-2/h7-8,10-11,16-19,22-25,28-31,34-37,40-43,46-49,52-55,58-61,73H,4-6,9,12-15,20-21,26-27,32-33,38-39,44-45,50-51,56-57,62-72H2,1-3H3/b10-7-,11-8-,18-16-,19-17-,24-22-,25-23-,30-28-,31-29-,36-34-,37-35-,42-40-,43-41-,48-46-,49-47-,54-52-,55-53-,60-58-,61-59-. The number of unbranched alkanes of at least 4 members (excludes halogenated alkanes) is 7. The molecule has 452 valence electrons. The molecule has 0 N–H and O–H groups in total. The molecule has 0 saturated carbocycles. The number of esters is 3. The minimum absolute atomic E-state index is 0.132. The number of carbonyl (C=O) groups excluding carboxylic acids is 3. The topological polar surface area (TPSA) is 78.9 Å². The van der Waals surface area contributed by atoms with Crippen LogP contribution in [-0.4, -0.2) is 37.2 Å². The maximum absolute atomic E-state index is 12.8. The second-order valence-electron chi connectivity index (χ2n) is 19.9. The molecule has 0 aliphatic rings. The molecule has 0 aromatic heterocycles. The lowest BCUT2D eigenvalue weighted by Gasteiger charge is -2.18. The Morgan fingerprint density at radius 3 is 0.744 bits per heavy atom. The molecular formula is C76H112O6. The van der Waals surface area contributed by atoms with Crippen molar-refractivity contribution in [2.24, 2.45) is 0 Å². The number of hydrogen-bond acceptors (Lipinski definition) is 6. The van der Waals surface area contributed by atoms with Crippen molar-refractivity contribution in [3.05, 3.63) is 219 Å². The molecule has 0 aromatic rings. The highest BCUT2D eigenvalue weighted by Gasteiger charge is 2.19. The number of ether oxygens (including phenoxy) is 3. The second kappa shape index (κ2) is 67.2. The van der Waals surface area contributed by atoms with Gasteiger partial charge in [-0.15, -0.1) is 0 Å². The molecule has 0 fully saturated rings. The van der Waals surface area contributed by atoms with Crippen LogP contribution in [0.2, 0.25) is 0 Å². The van der Waals surface area contributed by atoms with E-state index in [0.29, 0.717) is 19.3 Å². The van der Waals surface area contributed by atoms with Gasteiger partial charge in [0.1, 0.15) is 13.2 Å². The second-order valence-corrected chi connectivity index (χ2v) is 19.9. The Hall–Kier alpha value is -6.27. The number of carbonyl (C=O) groups is 3. The van der Waals surface area contributed by atoms with Crippen molar-refractivity contribution in [1.82, 2.24) is 0 Å². The van der Waals surface area contributed by atoms with Crippen molar-refractivity contribution in [3.8, 4) is 0 Å². The Morgan fingerprint density at radius 2 is 0.476 bits per heavy atom. The Kier molecular flexibility index (Phi) is 62.1. The van der Waals surface area contributed by atoms with Crippen LogP contribution in [0.1, 0.15) is 220 Å². The van der Waals surface area contributed by atoms with E-state index in [1.807, 2.05) is 0 Å². The fourth-order valence-electron chi connectivity index (χ4n) is 7.56. The van der Waals surface area contributed by atoms with Crippen molar-refractivity contribution < 1.29 is 28.6 Å². The molecule has 0 bridgehead atoms. The maximum Gasteiger partial charge on any atom is 0.306 e. The zero-order valence-corrected chi connectivity index (χ0v) is 51.6. The molecule has 0 aromatic carbocycles. The lowest BCUT2D eigenvalue weighted by molar-refractivity contribution is -0.167. The molecule has 0 rings (SSSR count). The molecule has 6 nitrogen and oxygen atoms in total. The number of rotatable bonds is 54. The highest BCUT2D eigenvalue weighted by atomic mass is 16.6. The van der Waals surface area contributed by atoms with Gasteiger partial charge in [-0.25, -0.2) is 0 Å². The van der Waals surface area contributed by atoms with E-state index in [0.717, 1.165) is 148 Å². The molecule has 0 aliphatic heterocycles. The Labute approximate surface area is 502 Å². The van der Waals surface area contributed by atoms with Gasteiger partial charge in [0, 0.05) is 19.3 Å². The first-order valence-electron chi connectivity index (χ1n) is 31.7. The number of hydrogen-bond donors (Lipinski definition) is 0. The van der Waals surface area contributed by atoms with Crippen LogP contribution in [0.3, 0.4) is 0 Å². The third-order valence-corrected chi connectivity index (χ3v) is 12.2. The summed E-state index contributed by atoms with van der Waals surface area (Å²) in [5, 5.41) is 0. The van der Waals surface area contributed by atoms with Crippen LogP contribution in [0.25, 0.3) is 0 Å². The molecule has 0 saturated heterocycles. The molecule has 0 spiro atoms. The normalized spacial score (nSPS) is 13.6. The summed E-state index contributed by atoms with van der Waals surface area (Å²) < 4.78 is 16.7. The predicted octanol–water partition coefficient (Wildman–Crippen LogP) is 22.1. The summed E-state index contributed by atoms with van der Waals surface area (Å²) in [5.41, 5.74) is 0. The summed E-state index contributed by atoms with van der Waals surface area (Å²) in [7, 11) is 0. The Morgan fingerprint density at radius 1 is 0.256 bits per heavy atom. The summed E-state index contributed by atoms with van der Waals surface area (Å²) in [4.78, 5) is 38.0. The van der Waals surface area contributed by atoms with Gasteiger partial charge in [-0.3, -0.25) is 14.4 Å². The largest absolute Gasteiger partial charge is 0.462 e. The lowest BCUT2D eigenvalue weighted by atomic mass is 10.1. The molecule has 82 heavy (non-hydrogen) atoms. The van der Waals surface area contributed by atoms with Gasteiger partial charge in [0.15, 0.2) is 6.10 Å². The van der Waals surface area contributed by atoms with E-state index in [4.69, 9.17) is 14.2 Å². The first-order valence-corrected chi connectivity index (χ1v) is 31.7. The lowest BCUT2D eigenvalue weighted by Crippen LogP contribution is -2.30. The average Bonchev–Trinajstić information content (AvgIpc) is 3.47. The van der Waals surface area contributed by atoms with E-state index >= 15 is 0 Å².